The molecule has 0 fully saturated rings. The molecule has 0 heterocycles. The lowest BCUT2D eigenvalue weighted by Gasteiger charge is -2.21. The molecule has 1 unspecified atom stereocenters. The van der Waals surface area contributed by atoms with Crippen LogP contribution < -0.4 is 5.48 Å². The van der Waals surface area contributed by atoms with Crippen molar-refractivity contribution in [2.45, 2.75) is 12.5 Å². The van der Waals surface area contributed by atoms with Crippen LogP contribution in [0.3, 0.4) is 0 Å². The fourth-order valence-corrected chi connectivity index (χ4v) is 1.71. The van der Waals surface area contributed by atoms with Crippen LogP contribution in [0, 0.1) is 5.92 Å². The molecule has 110 valence electrons. The van der Waals surface area contributed by atoms with E-state index >= 15 is 0 Å². The van der Waals surface area contributed by atoms with E-state index in [0.717, 1.165) is 5.56 Å². The number of carbonyl (C=O) groups is 2. The summed E-state index contributed by atoms with van der Waals surface area (Å²) < 4.78 is 0. The second-order valence-electron chi connectivity index (χ2n) is 4.14. The molecule has 20 heavy (non-hydrogen) atoms. The molecule has 1 aromatic rings. The van der Waals surface area contributed by atoms with Crippen LogP contribution in [-0.4, -0.2) is 46.5 Å². The van der Waals surface area contributed by atoms with Crippen LogP contribution in [0.25, 0.3) is 0 Å². The number of rotatable bonds is 9. The zero-order chi connectivity index (χ0) is 15.0. The Bertz CT molecular complexity index is 436. The van der Waals surface area contributed by atoms with Gasteiger partial charge in [0, 0.05) is 0 Å². The first kappa shape index (κ1) is 16.1. The molecule has 7 heteroatoms. The maximum absolute atomic E-state index is 11.3. The van der Waals surface area contributed by atoms with Gasteiger partial charge >= 0.3 is 11.9 Å². The second kappa shape index (κ2) is 8.26. The van der Waals surface area contributed by atoms with Crippen LogP contribution in [0.2, 0.25) is 0 Å². The van der Waals surface area contributed by atoms with Crippen molar-refractivity contribution in [2.75, 3.05) is 13.2 Å². The fraction of sp³-hybridized carbons (Fsp3) is 0.385. The number of carboxylic acid groups (broad SMARTS) is 2. The summed E-state index contributed by atoms with van der Waals surface area (Å²) in [5.41, 5.74) is 2.90. The summed E-state index contributed by atoms with van der Waals surface area (Å²) in [7, 11) is 0. The first-order valence-corrected chi connectivity index (χ1v) is 6.04. The monoisotopic (exact) mass is 283 g/mol. The van der Waals surface area contributed by atoms with E-state index < -0.39 is 23.9 Å². The lowest BCUT2D eigenvalue weighted by Crippen LogP contribution is -2.47. The molecule has 0 aliphatic rings. The van der Waals surface area contributed by atoms with E-state index in [-0.39, 0.29) is 19.6 Å². The van der Waals surface area contributed by atoms with E-state index in [1.165, 1.54) is 0 Å². The molecule has 0 bridgehead atoms. The Kier molecular flexibility index (Phi) is 6.65. The van der Waals surface area contributed by atoms with Gasteiger partial charge in [-0.3, -0.25) is 14.4 Å². The Morgan fingerprint density at radius 2 is 1.80 bits per heavy atom. The quantitative estimate of drug-likeness (QED) is 0.369. The van der Waals surface area contributed by atoms with Crippen LogP contribution in [0.15, 0.2) is 30.3 Å². The third-order valence-electron chi connectivity index (χ3n) is 2.69. The van der Waals surface area contributed by atoms with Crippen molar-refractivity contribution in [3.63, 3.8) is 0 Å². The van der Waals surface area contributed by atoms with Crippen LogP contribution in [0.1, 0.15) is 5.56 Å². The first-order chi connectivity index (χ1) is 9.56. The number of aliphatic hydroxyl groups excluding tert-OH is 1. The molecule has 0 saturated carbocycles. The van der Waals surface area contributed by atoms with Gasteiger partial charge in [0.1, 0.15) is 6.04 Å². The zero-order valence-electron chi connectivity index (χ0n) is 10.7. The highest BCUT2D eigenvalue weighted by Gasteiger charge is 2.34. The van der Waals surface area contributed by atoms with Crippen LogP contribution in [0.5, 0.6) is 0 Å². The van der Waals surface area contributed by atoms with Crippen molar-refractivity contribution in [2.24, 2.45) is 5.92 Å². The third-order valence-corrected chi connectivity index (χ3v) is 2.69. The Labute approximate surface area is 115 Å². The molecule has 7 nitrogen and oxygen atoms in total. The number of hydrogen-bond donors (Lipinski definition) is 4. The van der Waals surface area contributed by atoms with E-state index in [1.54, 1.807) is 30.3 Å². The van der Waals surface area contributed by atoms with E-state index in [9.17, 15) is 14.7 Å². The fourth-order valence-electron chi connectivity index (χ4n) is 1.71. The molecular weight excluding hydrogens is 266 g/mol. The smallest absolute Gasteiger partial charge is 0.323 e. The zero-order valence-corrected chi connectivity index (χ0v) is 10.7. The Hall–Kier alpha value is -1.96. The average Bonchev–Trinajstić information content (AvgIpc) is 2.42. The van der Waals surface area contributed by atoms with Crippen molar-refractivity contribution < 1.29 is 29.7 Å². The van der Waals surface area contributed by atoms with Crippen molar-refractivity contribution in [1.29, 1.82) is 0 Å². The summed E-state index contributed by atoms with van der Waals surface area (Å²) in [6.07, 6.45) is 0.0582. The van der Waals surface area contributed by atoms with E-state index in [2.05, 4.69) is 5.48 Å². The summed E-state index contributed by atoms with van der Waals surface area (Å²) in [6.45, 7) is -0.419. The van der Waals surface area contributed by atoms with Gasteiger partial charge in [-0.2, -0.15) is 5.48 Å². The second-order valence-corrected chi connectivity index (χ2v) is 4.14. The maximum atomic E-state index is 11.3. The van der Waals surface area contributed by atoms with E-state index in [4.69, 9.17) is 15.1 Å². The molecule has 0 spiro atoms. The lowest BCUT2D eigenvalue weighted by molar-refractivity contribution is -0.156. The van der Waals surface area contributed by atoms with E-state index in [1.807, 2.05) is 0 Å². The Morgan fingerprint density at radius 1 is 1.15 bits per heavy atom. The van der Waals surface area contributed by atoms with Crippen LogP contribution in [0.4, 0.5) is 0 Å². The minimum absolute atomic E-state index is 0.0582. The number of aliphatic carboxylic acids is 2. The molecular formula is C13H17NO6. The highest BCUT2D eigenvalue weighted by atomic mass is 16.7. The van der Waals surface area contributed by atoms with Crippen LogP contribution in [-0.2, 0) is 20.8 Å². The molecule has 0 amide bonds. The molecule has 0 aromatic heterocycles. The predicted molar refractivity (Wildman–Crippen MR) is 68.9 cm³/mol. The number of hydroxylamine groups is 1. The molecule has 0 saturated heterocycles. The standard InChI is InChI=1S/C13H17NO6/c15-6-7-20-14-11(13(18)19)10(12(16)17)8-9-4-2-1-3-5-9/h1-5,10-11,14-15H,6-8H2,(H,16,17)(H,18,19)/t10?,11-/m0/s1. The Balaban J connectivity index is 2.80. The van der Waals surface area contributed by atoms with Gasteiger partial charge in [0.25, 0.3) is 0 Å². The van der Waals surface area contributed by atoms with Gasteiger partial charge < -0.3 is 15.3 Å². The van der Waals surface area contributed by atoms with Gasteiger partial charge in [0.05, 0.1) is 19.1 Å². The molecule has 0 aliphatic carbocycles. The SMILES string of the molecule is O=C(O)C(Cc1ccccc1)[C@H](NOCCO)C(=O)O. The molecule has 0 radical (unpaired) electrons. The summed E-state index contributed by atoms with van der Waals surface area (Å²) >= 11 is 0. The van der Waals surface area contributed by atoms with Gasteiger partial charge in [-0.05, 0) is 12.0 Å². The largest absolute Gasteiger partial charge is 0.481 e. The van der Waals surface area contributed by atoms with Crippen LogP contribution >= 0.6 is 0 Å². The van der Waals surface area contributed by atoms with Gasteiger partial charge in [0.2, 0.25) is 0 Å². The summed E-state index contributed by atoms with van der Waals surface area (Å²) in [5, 5.41) is 26.9. The number of aliphatic hydroxyl groups is 1. The van der Waals surface area contributed by atoms with Gasteiger partial charge in [0.15, 0.2) is 0 Å². The Morgan fingerprint density at radius 3 is 2.30 bits per heavy atom. The minimum atomic E-state index is -1.40. The van der Waals surface area contributed by atoms with Gasteiger partial charge in [-0.1, -0.05) is 30.3 Å². The van der Waals surface area contributed by atoms with E-state index in [0.29, 0.717) is 0 Å². The van der Waals surface area contributed by atoms with Gasteiger partial charge in [-0.25, -0.2) is 0 Å². The van der Waals surface area contributed by atoms with Crippen molar-refractivity contribution >= 4 is 11.9 Å². The molecule has 4 N–H and O–H groups in total. The van der Waals surface area contributed by atoms with Gasteiger partial charge in [-0.15, -0.1) is 0 Å². The van der Waals surface area contributed by atoms with Crippen molar-refractivity contribution in [1.82, 2.24) is 5.48 Å². The average molecular weight is 283 g/mol. The maximum Gasteiger partial charge on any atom is 0.323 e. The summed E-state index contributed by atoms with van der Waals surface area (Å²) in [6, 6.07) is 7.34. The third kappa shape index (κ3) is 4.96. The minimum Gasteiger partial charge on any atom is -0.481 e. The predicted octanol–water partition coefficient (Wildman–Crippen LogP) is -0.103. The first-order valence-electron chi connectivity index (χ1n) is 6.04. The number of nitrogens with one attached hydrogen (secondary N) is 1. The normalized spacial score (nSPS) is 13.7. The molecule has 1 rings (SSSR count). The molecule has 2 atom stereocenters. The lowest BCUT2D eigenvalue weighted by atomic mass is 9.92. The highest BCUT2D eigenvalue weighted by Crippen LogP contribution is 2.14. The van der Waals surface area contributed by atoms with Crippen molar-refractivity contribution in [3.8, 4) is 0 Å². The molecule has 1 aromatic carbocycles. The summed E-state index contributed by atoms with van der Waals surface area (Å²) in [5.74, 6) is -3.75. The molecule has 0 aliphatic heterocycles. The number of hydrogen-bond acceptors (Lipinski definition) is 5. The summed E-state index contributed by atoms with van der Waals surface area (Å²) in [4.78, 5) is 27.2. The number of benzene rings is 1. The highest BCUT2D eigenvalue weighted by molar-refractivity contribution is 5.82. The number of carboxylic acids is 2. The van der Waals surface area contributed by atoms with Crippen molar-refractivity contribution in [3.05, 3.63) is 35.9 Å². The topological polar surface area (TPSA) is 116 Å².